The van der Waals surface area contributed by atoms with Crippen molar-refractivity contribution in [1.29, 1.82) is 0 Å². The number of halogens is 5. The van der Waals surface area contributed by atoms with Crippen molar-refractivity contribution >= 4 is 15.9 Å². The number of aromatic hydroxyl groups is 1. The Morgan fingerprint density at radius 3 is 1.51 bits per heavy atom. The third-order valence-corrected chi connectivity index (χ3v) is 11.1. The van der Waals surface area contributed by atoms with Crippen molar-refractivity contribution in [2.24, 2.45) is 0 Å². The first-order valence-electron chi connectivity index (χ1n) is 23.4. The molecule has 1 atom stereocenters. The first-order chi connectivity index (χ1) is 30.6. The highest BCUT2D eigenvalue weighted by molar-refractivity contribution is 9.09. The van der Waals surface area contributed by atoms with E-state index in [1.807, 2.05) is 6.08 Å². The maximum atomic E-state index is 14.7. The van der Waals surface area contributed by atoms with Gasteiger partial charge in [0.05, 0.1) is 11.1 Å². The predicted molar refractivity (Wildman–Crippen MR) is 256 cm³/mol. The third kappa shape index (κ3) is 21.9. The molecule has 0 aliphatic rings. The largest absolute Gasteiger partial charge is 0.505 e. The Hall–Kier alpha value is -4.12. The number of rotatable bonds is 29. The molecule has 1 unspecified atom stereocenters. The van der Waals surface area contributed by atoms with Crippen molar-refractivity contribution in [1.82, 2.24) is 19.9 Å². The van der Waals surface area contributed by atoms with Crippen LogP contribution >= 0.6 is 15.9 Å². The van der Waals surface area contributed by atoms with E-state index in [1.54, 1.807) is 30.9 Å². The summed E-state index contributed by atoms with van der Waals surface area (Å²) in [5.41, 5.74) is 1.99. The Morgan fingerprint density at radius 2 is 1.02 bits per heavy atom. The Balaban J connectivity index is 0.000000373. The quantitative estimate of drug-likeness (QED) is 0.0253. The number of nitrogens with zero attached hydrogens (tertiary/aromatic N) is 4. The van der Waals surface area contributed by atoms with Crippen LogP contribution < -0.4 is 4.74 Å². The van der Waals surface area contributed by atoms with E-state index in [4.69, 9.17) is 9.84 Å². The summed E-state index contributed by atoms with van der Waals surface area (Å²) in [5.74, 6) is -4.94. The Kier molecular flexibility index (Phi) is 30.0. The van der Waals surface area contributed by atoms with Crippen LogP contribution in [0.3, 0.4) is 0 Å². The van der Waals surface area contributed by atoms with Gasteiger partial charge in [-0.3, -0.25) is 0 Å². The Morgan fingerprint density at radius 1 is 0.571 bits per heavy atom. The van der Waals surface area contributed by atoms with Crippen LogP contribution in [0.25, 0.3) is 22.8 Å². The van der Waals surface area contributed by atoms with Crippen LogP contribution in [0, 0.1) is 23.3 Å². The second kappa shape index (κ2) is 34.3. The molecule has 0 radical (unpaired) electrons. The van der Waals surface area contributed by atoms with Gasteiger partial charge in [-0.15, -0.1) is 6.58 Å². The van der Waals surface area contributed by atoms with Crippen molar-refractivity contribution in [2.45, 2.75) is 175 Å². The molecule has 2 aromatic heterocycles. The number of aromatic nitrogens is 4. The van der Waals surface area contributed by atoms with Gasteiger partial charge < -0.3 is 9.84 Å². The van der Waals surface area contributed by atoms with E-state index in [-0.39, 0.29) is 34.6 Å². The number of unbranched alkanes of at least 4 members (excludes halogenated alkanes) is 16. The fraction of sp³-hybridized carbons (Fsp3) is 0.538. The lowest BCUT2D eigenvalue weighted by atomic mass is 10.1. The Bertz CT molecular complexity index is 1830. The van der Waals surface area contributed by atoms with Crippen molar-refractivity contribution in [2.75, 3.05) is 5.33 Å². The lowest BCUT2D eigenvalue weighted by Crippen LogP contribution is -2.14. The molecule has 0 aliphatic carbocycles. The highest BCUT2D eigenvalue weighted by Crippen LogP contribution is 2.30. The number of hydrogen-bond acceptors (Lipinski definition) is 6. The van der Waals surface area contributed by atoms with Crippen molar-refractivity contribution < 1.29 is 27.4 Å². The second-order valence-corrected chi connectivity index (χ2v) is 16.7. The molecule has 0 saturated heterocycles. The summed E-state index contributed by atoms with van der Waals surface area (Å²) in [6, 6.07) is 5.29. The van der Waals surface area contributed by atoms with Gasteiger partial charge in [0.15, 0.2) is 34.8 Å². The van der Waals surface area contributed by atoms with Crippen LogP contribution in [0.2, 0.25) is 0 Å². The van der Waals surface area contributed by atoms with E-state index in [0.717, 1.165) is 73.9 Å². The fourth-order valence-electron chi connectivity index (χ4n) is 6.69. The van der Waals surface area contributed by atoms with E-state index >= 15 is 0 Å². The minimum absolute atomic E-state index is 0.0390. The summed E-state index contributed by atoms with van der Waals surface area (Å²) >= 11 is 3.40. The van der Waals surface area contributed by atoms with Gasteiger partial charge in [0, 0.05) is 30.1 Å². The summed E-state index contributed by atoms with van der Waals surface area (Å²) in [7, 11) is 0. The van der Waals surface area contributed by atoms with Crippen LogP contribution in [0.5, 0.6) is 11.5 Å². The molecule has 0 fully saturated rings. The molecule has 2 aromatic carbocycles. The molecule has 1 N–H and O–H groups in total. The molecule has 4 rings (SSSR count). The molecule has 6 nitrogen and oxygen atoms in total. The first-order valence-corrected chi connectivity index (χ1v) is 24.5. The number of hydrogen-bond donors (Lipinski definition) is 1. The van der Waals surface area contributed by atoms with E-state index in [9.17, 15) is 17.6 Å². The number of phenolic OH excluding ortho intramolecular Hbond substituents is 1. The number of benzene rings is 2. The number of aryl methyl sites for hydroxylation is 2. The number of alkyl halides is 1. The van der Waals surface area contributed by atoms with E-state index < -0.39 is 29.0 Å². The van der Waals surface area contributed by atoms with Crippen LogP contribution in [0.4, 0.5) is 17.6 Å². The number of ether oxygens (including phenoxy) is 1. The lowest BCUT2D eigenvalue weighted by molar-refractivity contribution is 0.221. The molecule has 0 saturated carbocycles. The number of allylic oxidation sites excluding steroid dienone is 1. The predicted octanol–water partition coefficient (Wildman–Crippen LogP) is 16.4. The minimum atomic E-state index is -1.28. The van der Waals surface area contributed by atoms with Crippen LogP contribution in [-0.2, 0) is 12.8 Å². The Labute approximate surface area is 384 Å². The minimum Gasteiger partial charge on any atom is -0.505 e. The molecule has 0 spiro atoms. The SMILES string of the molecule is C=CC(CCCCC)Oc1ccc(-c2ncc(CCCCCCCC)cn2)c(F)c1F.C=CCCCCCCBr.CCCCCCCCc1cnc(-c2ccc(O)c(F)c2F)nc1. The van der Waals surface area contributed by atoms with Gasteiger partial charge in [-0.1, -0.05) is 145 Å². The molecule has 4 aromatic rings. The maximum absolute atomic E-state index is 14.7. The van der Waals surface area contributed by atoms with Crippen molar-refractivity contribution in [3.63, 3.8) is 0 Å². The molecule has 0 aliphatic heterocycles. The zero-order valence-corrected chi connectivity index (χ0v) is 39.9. The van der Waals surface area contributed by atoms with E-state index in [2.05, 4.69) is 69.8 Å². The van der Waals surface area contributed by atoms with Crippen LogP contribution in [-0.4, -0.2) is 36.5 Å². The van der Waals surface area contributed by atoms with Crippen molar-refractivity contribution in [3.05, 3.63) is 109 Å². The summed E-state index contributed by atoms with van der Waals surface area (Å²) in [4.78, 5) is 16.7. The monoisotopic (exact) mass is 940 g/mol. The van der Waals surface area contributed by atoms with Gasteiger partial charge in [0.25, 0.3) is 0 Å². The highest BCUT2D eigenvalue weighted by atomic mass is 79.9. The maximum Gasteiger partial charge on any atom is 0.201 e. The van der Waals surface area contributed by atoms with Gasteiger partial charge in [-0.25, -0.2) is 28.7 Å². The lowest BCUT2D eigenvalue weighted by Gasteiger charge is -2.16. The molecular weight excluding hydrogens is 868 g/mol. The van der Waals surface area contributed by atoms with Crippen LogP contribution in [0.1, 0.15) is 167 Å². The van der Waals surface area contributed by atoms with E-state index in [1.165, 1.54) is 115 Å². The zero-order valence-electron chi connectivity index (χ0n) is 38.3. The smallest absolute Gasteiger partial charge is 0.201 e. The fourth-order valence-corrected chi connectivity index (χ4v) is 7.09. The average molecular weight is 942 g/mol. The normalized spacial score (nSPS) is 11.2. The van der Waals surface area contributed by atoms with Gasteiger partial charge in [0.1, 0.15) is 6.10 Å². The molecule has 2 heterocycles. The van der Waals surface area contributed by atoms with Gasteiger partial charge in [-0.05, 0) is 93.2 Å². The molecule has 0 bridgehead atoms. The molecule has 11 heteroatoms. The average Bonchev–Trinajstić information content (AvgIpc) is 3.30. The molecule has 348 valence electrons. The zero-order chi connectivity index (χ0) is 46.1. The standard InChI is InChI=1S/C26H36F2N2O.C18H22F2N2O.C8H15Br/c1-4-7-9-10-11-13-14-20-18-29-26(30-19-20)22-16-17-23(25(28)24(22)27)31-21(6-3)15-12-8-5-2;1-2-3-4-5-6-7-8-13-11-21-18(22-12-13)14-9-10-15(23)17(20)16(14)19;1-2-3-4-5-6-7-8-9/h6,16-19,21H,3-5,7-15H2,1-2H3;9-12,23H,2-8H2,1H3;2H,1,3-8H2. The molecule has 63 heavy (non-hydrogen) atoms. The first kappa shape index (κ1) is 55.0. The number of phenols is 1. The van der Waals surface area contributed by atoms with Crippen LogP contribution in [0.15, 0.2) is 74.4 Å². The highest BCUT2D eigenvalue weighted by Gasteiger charge is 2.20. The summed E-state index contributed by atoms with van der Waals surface area (Å²) < 4.78 is 62.1. The van der Waals surface area contributed by atoms with E-state index in [0.29, 0.717) is 0 Å². The second-order valence-electron chi connectivity index (χ2n) is 15.9. The summed E-state index contributed by atoms with van der Waals surface area (Å²) in [5, 5.41) is 10.3. The molecule has 0 amide bonds. The topological polar surface area (TPSA) is 81.0 Å². The summed E-state index contributed by atoms with van der Waals surface area (Å²) in [6.07, 6.45) is 36.8. The van der Waals surface area contributed by atoms with Crippen molar-refractivity contribution in [3.8, 4) is 34.3 Å². The molecular formula is C52H73BrF4N4O2. The van der Waals surface area contributed by atoms with Gasteiger partial charge in [-0.2, -0.15) is 8.78 Å². The van der Waals surface area contributed by atoms with Gasteiger partial charge >= 0.3 is 0 Å². The third-order valence-electron chi connectivity index (χ3n) is 10.6. The summed E-state index contributed by atoms with van der Waals surface area (Å²) in [6.45, 7) is 13.9. The van der Waals surface area contributed by atoms with Gasteiger partial charge in [0.2, 0.25) is 11.6 Å².